The Morgan fingerprint density at radius 1 is 1.19 bits per heavy atom. The van der Waals surface area contributed by atoms with Crippen molar-refractivity contribution in [3.63, 3.8) is 0 Å². The molecule has 4 aromatic rings. The molecular weight excluding hydrogens is 514 g/mol. The molecule has 0 aliphatic rings. The lowest BCUT2D eigenvalue weighted by atomic mass is 10.0. The molecule has 1 N–H and O–H groups in total. The fourth-order valence-corrected chi connectivity index (χ4v) is 3.45. The number of nitrogens with zero attached hydrogens (tertiary/aromatic N) is 4. The van der Waals surface area contributed by atoms with Gasteiger partial charge in [0, 0.05) is 29.7 Å². The van der Waals surface area contributed by atoms with Gasteiger partial charge in [-0.05, 0) is 54.5 Å². The van der Waals surface area contributed by atoms with E-state index in [0.717, 1.165) is 23.0 Å². The monoisotopic (exact) mass is 531 g/mol. The van der Waals surface area contributed by atoms with E-state index in [0.29, 0.717) is 22.4 Å². The SMILES string of the molecule is CCOC(=O)C=Cc1cccc(-c2cnc(Nc3ccc(F)c(Cl)c3)nc2-n2ccc(C(F)(F)F)n2)c1. The molecule has 190 valence electrons. The van der Waals surface area contributed by atoms with E-state index in [9.17, 15) is 22.4 Å². The van der Waals surface area contributed by atoms with Gasteiger partial charge in [0.05, 0.1) is 11.6 Å². The first-order chi connectivity index (χ1) is 17.6. The zero-order chi connectivity index (χ0) is 26.6. The summed E-state index contributed by atoms with van der Waals surface area (Å²) >= 11 is 5.82. The Morgan fingerprint density at radius 3 is 2.70 bits per heavy atom. The highest BCUT2D eigenvalue weighted by molar-refractivity contribution is 6.31. The Morgan fingerprint density at radius 2 is 2.00 bits per heavy atom. The number of hydrogen-bond donors (Lipinski definition) is 1. The molecule has 0 saturated heterocycles. The first-order valence-corrected chi connectivity index (χ1v) is 11.2. The van der Waals surface area contributed by atoms with Gasteiger partial charge >= 0.3 is 12.1 Å². The summed E-state index contributed by atoms with van der Waals surface area (Å²) in [4.78, 5) is 20.3. The Bertz CT molecular complexity index is 1470. The Kier molecular flexibility index (Phi) is 7.53. The lowest BCUT2D eigenvalue weighted by Gasteiger charge is -2.12. The number of nitrogens with one attached hydrogen (secondary N) is 1. The molecule has 7 nitrogen and oxygen atoms in total. The Hall–Kier alpha value is -4.25. The van der Waals surface area contributed by atoms with E-state index in [2.05, 4.69) is 20.4 Å². The fourth-order valence-electron chi connectivity index (χ4n) is 3.27. The topological polar surface area (TPSA) is 81.9 Å². The maximum atomic E-state index is 13.5. The molecule has 37 heavy (non-hydrogen) atoms. The Balaban J connectivity index is 1.76. The van der Waals surface area contributed by atoms with E-state index in [-0.39, 0.29) is 23.4 Å². The van der Waals surface area contributed by atoms with E-state index in [4.69, 9.17) is 16.3 Å². The Labute approximate surface area is 213 Å². The van der Waals surface area contributed by atoms with Crippen molar-refractivity contribution in [2.24, 2.45) is 0 Å². The highest BCUT2D eigenvalue weighted by Crippen LogP contribution is 2.31. The molecular formula is C25H18ClF4N5O2. The van der Waals surface area contributed by atoms with E-state index < -0.39 is 23.7 Å². The van der Waals surface area contributed by atoms with Crippen molar-refractivity contribution in [1.82, 2.24) is 19.7 Å². The number of hydrogen-bond acceptors (Lipinski definition) is 6. The molecule has 0 aliphatic carbocycles. The second kappa shape index (κ2) is 10.8. The van der Waals surface area contributed by atoms with Crippen LogP contribution in [-0.4, -0.2) is 32.3 Å². The van der Waals surface area contributed by atoms with Crippen LogP contribution in [-0.2, 0) is 15.7 Å². The van der Waals surface area contributed by atoms with E-state index in [1.165, 1.54) is 24.4 Å². The van der Waals surface area contributed by atoms with Crippen LogP contribution >= 0.6 is 11.6 Å². The van der Waals surface area contributed by atoms with Crippen LogP contribution in [0.5, 0.6) is 0 Å². The number of ether oxygens (including phenoxy) is 1. The summed E-state index contributed by atoms with van der Waals surface area (Å²) in [6.07, 6.45) is 0.717. The summed E-state index contributed by atoms with van der Waals surface area (Å²) < 4.78 is 59.1. The molecule has 2 aromatic carbocycles. The minimum atomic E-state index is -4.65. The molecule has 12 heteroatoms. The van der Waals surface area contributed by atoms with Gasteiger partial charge in [0.2, 0.25) is 5.95 Å². The molecule has 0 fully saturated rings. The molecule has 0 amide bonds. The van der Waals surface area contributed by atoms with Crippen molar-refractivity contribution in [1.29, 1.82) is 0 Å². The number of anilines is 2. The predicted octanol–water partition coefficient (Wildman–Crippen LogP) is 6.46. The van der Waals surface area contributed by atoms with Gasteiger partial charge in [0.1, 0.15) is 5.82 Å². The number of rotatable bonds is 7. The summed E-state index contributed by atoms with van der Waals surface area (Å²) in [5, 5.41) is 6.37. The van der Waals surface area contributed by atoms with Crippen molar-refractivity contribution in [3.8, 4) is 16.9 Å². The summed E-state index contributed by atoms with van der Waals surface area (Å²) in [6.45, 7) is 1.93. The van der Waals surface area contributed by atoms with Gasteiger partial charge in [0.15, 0.2) is 11.5 Å². The molecule has 0 unspecified atom stereocenters. The quantitative estimate of drug-likeness (QED) is 0.167. The summed E-state index contributed by atoms with van der Waals surface area (Å²) in [5.74, 6) is -1.06. The second-order valence-corrected chi connectivity index (χ2v) is 7.95. The van der Waals surface area contributed by atoms with Crippen molar-refractivity contribution in [2.75, 3.05) is 11.9 Å². The molecule has 2 aromatic heterocycles. The smallest absolute Gasteiger partial charge is 0.435 e. The van der Waals surface area contributed by atoms with E-state index >= 15 is 0 Å². The van der Waals surface area contributed by atoms with Gasteiger partial charge in [0.25, 0.3) is 0 Å². The maximum absolute atomic E-state index is 13.5. The summed E-state index contributed by atoms with van der Waals surface area (Å²) in [7, 11) is 0. The molecule has 0 atom stereocenters. The van der Waals surface area contributed by atoms with Crippen LogP contribution in [0, 0.1) is 5.82 Å². The lowest BCUT2D eigenvalue weighted by molar-refractivity contribution is -0.141. The van der Waals surface area contributed by atoms with Crippen LogP contribution in [0.4, 0.5) is 29.2 Å². The van der Waals surface area contributed by atoms with Crippen LogP contribution in [0.3, 0.4) is 0 Å². The minimum absolute atomic E-state index is 0.0174. The number of alkyl halides is 3. The minimum Gasteiger partial charge on any atom is -0.463 e. The van der Waals surface area contributed by atoms with Crippen molar-refractivity contribution >= 4 is 35.3 Å². The molecule has 0 spiro atoms. The van der Waals surface area contributed by atoms with Crippen LogP contribution < -0.4 is 5.32 Å². The highest BCUT2D eigenvalue weighted by atomic mass is 35.5. The first kappa shape index (κ1) is 25.8. The number of carbonyl (C=O) groups excluding carboxylic acids is 1. The van der Waals surface area contributed by atoms with Gasteiger partial charge < -0.3 is 10.1 Å². The highest BCUT2D eigenvalue weighted by Gasteiger charge is 2.34. The zero-order valence-electron chi connectivity index (χ0n) is 19.1. The standard InChI is InChI=1S/C25H18ClF4N5O2/c1-2-37-22(36)9-6-15-4-3-5-16(12-15)18-14-31-24(32-17-7-8-20(27)19(26)13-17)33-23(18)35-11-10-21(34-35)25(28,29)30/h3-14H,2H2,1H3,(H,31,32,33). The lowest BCUT2D eigenvalue weighted by Crippen LogP contribution is -2.10. The molecule has 0 saturated carbocycles. The van der Waals surface area contributed by atoms with E-state index in [1.54, 1.807) is 37.3 Å². The predicted molar refractivity (Wildman–Crippen MR) is 130 cm³/mol. The van der Waals surface area contributed by atoms with Gasteiger partial charge in [-0.1, -0.05) is 29.8 Å². The third kappa shape index (κ3) is 6.31. The normalized spacial score (nSPS) is 11.6. The number of aromatic nitrogens is 4. The van der Waals surface area contributed by atoms with Crippen LogP contribution in [0.2, 0.25) is 5.02 Å². The number of carbonyl (C=O) groups is 1. The van der Waals surface area contributed by atoms with Gasteiger partial charge in [-0.2, -0.15) is 23.3 Å². The molecule has 0 bridgehead atoms. The number of esters is 1. The van der Waals surface area contributed by atoms with Crippen molar-refractivity contribution < 1.29 is 27.1 Å². The van der Waals surface area contributed by atoms with Crippen LogP contribution in [0.1, 0.15) is 18.2 Å². The zero-order valence-corrected chi connectivity index (χ0v) is 19.9. The summed E-state index contributed by atoms with van der Waals surface area (Å²) in [5.41, 5.74) is 0.833. The average Bonchev–Trinajstić information content (AvgIpc) is 3.37. The molecule has 4 rings (SSSR count). The maximum Gasteiger partial charge on any atom is 0.435 e. The summed E-state index contributed by atoms with van der Waals surface area (Å²) in [6, 6.07) is 11.6. The number of benzene rings is 2. The van der Waals surface area contributed by atoms with Gasteiger partial charge in [-0.25, -0.2) is 18.9 Å². The number of halogens is 5. The molecule has 2 heterocycles. The first-order valence-electron chi connectivity index (χ1n) is 10.8. The van der Waals surface area contributed by atoms with Gasteiger partial charge in [-0.15, -0.1) is 0 Å². The molecule has 0 aliphatic heterocycles. The van der Waals surface area contributed by atoms with Crippen LogP contribution in [0.15, 0.2) is 67.0 Å². The molecule has 0 radical (unpaired) electrons. The van der Waals surface area contributed by atoms with Crippen molar-refractivity contribution in [3.05, 3.63) is 89.1 Å². The van der Waals surface area contributed by atoms with Crippen molar-refractivity contribution in [2.45, 2.75) is 13.1 Å². The largest absolute Gasteiger partial charge is 0.463 e. The van der Waals surface area contributed by atoms with Crippen LogP contribution in [0.25, 0.3) is 23.0 Å². The average molecular weight is 532 g/mol. The second-order valence-electron chi connectivity index (χ2n) is 7.54. The van der Waals surface area contributed by atoms with Gasteiger partial charge in [-0.3, -0.25) is 0 Å². The third-order valence-electron chi connectivity index (χ3n) is 4.94. The fraction of sp³-hybridized carbons (Fsp3) is 0.120. The third-order valence-corrected chi connectivity index (χ3v) is 5.23. The van der Waals surface area contributed by atoms with E-state index in [1.807, 2.05) is 0 Å².